The highest BCUT2D eigenvalue weighted by Crippen LogP contribution is 2.29. The minimum absolute atomic E-state index is 0.0682. The largest absolute Gasteiger partial charge is 0.490 e. The van der Waals surface area contributed by atoms with Crippen molar-refractivity contribution in [3.63, 3.8) is 0 Å². The molecule has 1 aromatic carbocycles. The third-order valence-electron chi connectivity index (χ3n) is 10.0. The number of carboxylic acid groups (broad SMARTS) is 1. The Morgan fingerprint density at radius 2 is 0.984 bits per heavy atom. The Bertz CT molecular complexity index is 1220. The molecule has 0 heterocycles. The number of rotatable bonds is 41. The number of unbranched alkanes of at least 4 members (excludes halogenated alkanes) is 24. The molecule has 0 aliphatic rings. The molecule has 0 aliphatic heterocycles. The molecular weight excluding hydrogens is 818 g/mol. The molecular formula is C49H85F3N2O5S2. The Morgan fingerprint density at radius 1 is 0.607 bits per heavy atom. The van der Waals surface area contributed by atoms with Gasteiger partial charge in [0.05, 0.1) is 13.2 Å². The van der Waals surface area contributed by atoms with Crippen molar-refractivity contribution in [2.24, 2.45) is 5.73 Å². The second kappa shape index (κ2) is 44.3. The quantitative estimate of drug-likeness (QED) is 0.0339. The maximum absolute atomic E-state index is 12.9. The lowest BCUT2D eigenvalue weighted by Gasteiger charge is -2.14. The average molecular weight is 903 g/mol. The van der Waals surface area contributed by atoms with Crippen molar-refractivity contribution in [3.05, 3.63) is 48.1 Å². The zero-order chi connectivity index (χ0) is 44.9. The van der Waals surface area contributed by atoms with Crippen molar-refractivity contribution in [1.29, 1.82) is 0 Å². The molecule has 0 aromatic heterocycles. The molecule has 354 valence electrons. The number of hydrogen-bond donors (Lipinski definition) is 3. The summed E-state index contributed by atoms with van der Waals surface area (Å²) in [5, 5.41) is 10.2. The first-order valence-electron chi connectivity index (χ1n) is 23.9. The molecule has 4 N–H and O–H groups in total. The Kier molecular flexibility index (Phi) is 42.6. The van der Waals surface area contributed by atoms with E-state index in [0.717, 1.165) is 30.1 Å². The van der Waals surface area contributed by atoms with Gasteiger partial charge in [-0.15, -0.1) is 0 Å². The molecule has 1 amide bonds. The van der Waals surface area contributed by atoms with Crippen LogP contribution in [-0.2, 0) is 4.79 Å². The van der Waals surface area contributed by atoms with Crippen LogP contribution in [0, 0.1) is 0 Å². The number of carboxylic acids is 1. The van der Waals surface area contributed by atoms with Crippen LogP contribution in [0.3, 0.4) is 0 Å². The third-order valence-corrected chi connectivity index (χ3v) is 12.5. The van der Waals surface area contributed by atoms with Gasteiger partial charge in [-0.2, -0.15) is 13.2 Å². The van der Waals surface area contributed by atoms with Gasteiger partial charge >= 0.3 is 12.1 Å². The smallest absolute Gasteiger partial charge is 0.490 e. The van der Waals surface area contributed by atoms with Crippen LogP contribution in [0.25, 0.3) is 0 Å². The number of ether oxygens (including phenoxy) is 2. The Hall–Kier alpha value is -2.31. The molecule has 0 unspecified atom stereocenters. The van der Waals surface area contributed by atoms with Crippen LogP contribution in [0.2, 0.25) is 0 Å². The van der Waals surface area contributed by atoms with E-state index in [4.69, 9.17) is 25.1 Å². The van der Waals surface area contributed by atoms with E-state index in [1.165, 1.54) is 167 Å². The lowest BCUT2D eigenvalue weighted by atomic mass is 10.1. The number of amides is 1. The fourth-order valence-corrected chi connectivity index (χ4v) is 8.18. The molecule has 1 rings (SSSR count). The fourth-order valence-electron chi connectivity index (χ4n) is 6.42. The summed E-state index contributed by atoms with van der Waals surface area (Å²) < 4.78 is 44.2. The molecule has 0 aliphatic carbocycles. The van der Waals surface area contributed by atoms with E-state index in [1.54, 1.807) is 21.6 Å². The first-order chi connectivity index (χ1) is 29.7. The molecule has 0 atom stereocenters. The summed E-state index contributed by atoms with van der Waals surface area (Å²) in [5.74, 6) is 0.391. The number of nitrogens with two attached hydrogens (primary N) is 1. The van der Waals surface area contributed by atoms with Crippen LogP contribution in [0.4, 0.5) is 13.2 Å². The molecule has 0 saturated heterocycles. The molecule has 7 nitrogen and oxygen atoms in total. The average Bonchev–Trinajstić information content (AvgIpc) is 3.24. The predicted octanol–water partition coefficient (Wildman–Crippen LogP) is 15.2. The molecule has 0 spiro atoms. The molecule has 12 heteroatoms. The molecule has 1 aromatic rings. The number of halogens is 3. The second-order valence-corrected chi connectivity index (χ2v) is 18.4. The van der Waals surface area contributed by atoms with Crippen LogP contribution in [0.5, 0.6) is 11.5 Å². The van der Waals surface area contributed by atoms with Gasteiger partial charge in [0.2, 0.25) is 0 Å². The van der Waals surface area contributed by atoms with Crippen molar-refractivity contribution in [1.82, 2.24) is 5.32 Å². The van der Waals surface area contributed by atoms with Crippen LogP contribution >= 0.6 is 21.6 Å². The number of aliphatic carboxylic acids is 1. The van der Waals surface area contributed by atoms with E-state index >= 15 is 0 Å². The standard InChI is InChI=1S/C47H84N2O3S2.C2HF3O2/c1-3-5-7-9-11-13-15-17-19-21-23-25-27-29-31-33-39-51-45-36-35-44(47(50)49-38-42-54-53-41-37-48)43-46(45)52-40-34-32-30-28-26-24-22-20-18-16-14-12-10-8-6-4-2;3-2(4,5)1(6)7/h17-20,35-36,43H,3-16,21-34,37-42,48H2,1-2H3,(H,49,50);(H,6,7)/b19-17-,20-18-;. The van der Waals surface area contributed by atoms with Crippen LogP contribution in [0.1, 0.15) is 204 Å². The van der Waals surface area contributed by atoms with E-state index in [0.29, 0.717) is 37.6 Å². The topological polar surface area (TPSA) is 111 Å². The molecule has 0 fully saturated rings. The Labute approximate surface area is 377 Å². The van der Waals surface area contributed by atoms with Gasteiger partial charge in [-0.3, -0.25) is 4.79 Å². The van der Waals surface area contributed by atoms with Gasteiger partial charge in [-0.1, -0.05) is 175 Å². The first kappa shape index (κ1) is 58.7. The Morgan fingerprint density at radius 3 is 1.39 bits per heavy atom. The van der Waals surface area contributed by atoms with E-state index in [2.05, 4.69) is 43.5 Å². The van der Waals surface area contributed by atoms with E-state index in [-0.39, 0.29) is 5.91 Å². The highest BCUT2D eigenvalue weighted by Gasteiger charge is 2.38. The third kappa shape index (κ3) is 40.2. The molecule has 61 heavy (non-hydrogen) atoms. The summed E-state index contributed by atoms with van der Waals surface area (Å²) >= 11 is 0. The van der Waals surface area contributed by atoms with Crippen molar-refractivity contribution in [3.8, 4) is 11.5 Å². The summed E-state index contributed by atoms with van der Waals surface area (Å²) in [5.41, 5.74) is 6.19. The monoisotopic (exact) mass is 903 g/mol. The van der Waals surface area contributed by atoms with Gasteiger partial charge in [0.25, 0.3) is 5.91 Å². The van der Waals surface area contributed by atoms with Crippen molar-refractivity contribution in [2.45, 2.75) is 200 Å². The SMILES string of the molecule is CCCCCCCC/C=C\CCCCCCCCOc1ccc(C(=O)NCCSSCCN)cc1OCCCCCCCC/C=C\CCCCCCCC.O=C(O)C(F)(F)F. The molecule has 0 bridgehead atoms. The number of carbonyl (C=O) groups excluding carboxylic acids is 1. The van der Waals surface area contributed by atoms with Crippen LogP contribution in [0.15, 0.2) is 42.5 Å². The maximum atomic E-state index is 12.9. The van der Waals surface area contributed by atoms with E-state index in [9.17, 15) is 18.0 Å². The Balaban J connectivity index is 0.00000470. The summed E-state index contributed by atoms with van der Waals surface area (Å²) in [7, 11) is 3.49. The van der Waals surface area contributed by atoms with Gasteiger partial charge < -0.3 is 25.6 Å². The molecule has 0 saturated carbocycles. The normalized spacial score (nSPS) is 11.6. The number of allylic oxidation sites excluding steroid dienone is 4. The predicted molar refractivity (Wildman–Crippen MR) is 256 cm³/mol. The molecule has 0 radical (unpaired) electrons. The zero-order valence-corrected chi connectivity index (χ0v) is 39.8. The highest BCUT2D eigenvalue weighted by atomic mass is 33.1. The first-order valence-corrected chi connectivity index (χ1v) is 26.4. The van der Waals surface area contributed by atoms with Gasteiger partial charge in [0.15, 0.2) is 11.5 Å². The lowest BCUT2D eigenvalue weighted by Crippen LogP contribution is -2.25. The zero-order valence-electron chi connectivity index (χ0n) is 38.2. The summed E-state index contributed by atoms with van der Waals surface area (Å²) in [6.45, 7) is 7.18. The number of alkyl halides is 3. The van der Waals surface area contributed by atoms with Gasteiger partial charge in [0.1, 0.15) is 0 Å². The minimum atomic E-state index is -5.08. The number of hydrogen-bond acceptors (Lipinski definition) is 7. The summed E-state index contributed by atoms with van der Waals surface area (Å²) in [6.07, 6.45) is 40.7. The highest BCUT2D eigenvalue weighted by molar-refractivity contribution is 8.76. The van der Waals surface area contributed by atoms with E-state index < -0.39 is 12.1 Å². The minimum Gasteiger partial charge on any atom is -0.490 e. The number of nitrogens with one attached hydrogen (secondary N) is 1. The van der Waals surface area contributed by atoms with Crippen molar-refractivity contribution < 1.29 is 37.3 Å². The van der Waals surface area contributed by atoms with E-state index in [1.807, 2.05) is 18.2 Å². The fraction of sp³-hybridized carbons (Fsp3) is 0.755. The summed E-state index contributed by atoms with van der Waals surface area (Å²) in [4.78, 5) is 21.8. The van der Waals surface area contributed by atoms with Crippen LogP contribution < -0.4 is 20.5 Å². The van der Waals surface area contributed by atoms with Gasteiger partial charge in [-0.05, 0) is 82.4 Å². The van der Waals surface area contributed by atoms with Crippen molar-refractivity contribution >= 4 is 33.5 Å². The van der Waals surface area contributed by atoms with Gasteiger partial charge in [0, 0.05) is 30.2 Å². The maximum Gasteiger partial charge on any atom is 0.490 e. The van der Waals surface area contributed by atoms with Crippen molar-refractivity contribution in [2.75, 3.05) is 37.8 Å². The van der Waals surface area contributed by atoms with Crippen LogP contribution in [-0.4, -0.2) is 61.0 Å². The number of carbonyl (C=O) groups is 2. The second-order valence-electron chi connectivity index (χ2n) is 15.7. The number of benzene rings is 1. The summed E-state index contributed by atoms with van der Waals surface area (Å²) in [6, 6.07) is 5.64. The lowest BCUT2D eigenvalue weighted by molar-refractivity contribution is -0.192. The van der Waals surface area contributed by atoms with Gasteiger partial charge in [-0.25, -0.2) is 4.79 Å².